The zero-order valence-electron chi connectivity index (χ0n) is 16.6. The third-order valence-corrected chi connectivity index (χ3v) is 6.05. The Morgan fingerprint density at radius 3 is 2.70 bits per heavy atom. The Morgan fingerprint density at radius 2 is 1.90 bits per heavy atom. The molecule has 1 atom stereocenters. The van der Waals surface area contributed by atoms with Crippen molar-refractivity contribution in [3.63, 3.8) is 0 Å². The summed E-state index contributed by atoms with van der Waals surface area (Å²) in [5, 5.41) is 0. The number of halogens is 1. The number of hydrogen-bond acceptors (Lipinski definition) is 3. The summed E-state index contributed by atoms with van der Waals surface area (Å²) in [6.45, 7) is 2.25. The minimum atomic E-state index is -0.368. The van der Waals surface area contributed by atoms with Gasteiger partial charge in [-0.25, -0.2) is 9.37 Å². The molecule has 6 nitrogen and oxygen atoms in total. The van der Waals surface area contributed by atoms with Crippen molar-refractivity contribution in [2.24, 2.45) is 0 Å². The van der Waals surface area contributed by atoms with Crippen LogP contribution in [0, 0.1) is 5.82 Å². The summed E-state index contributed by atoms with van der Waals surface area (Å²) in [7, 11) is 0. The molecule has 30 heavy (non-hydrogen) atoms. The maximum absolute atomic E-state index is 13.7. The number of fused-ring (bicyclic) bond motifs is 1. The van der Waals surface area contributed by atoms with Crippen LogP contribution in [0.15, 0.2) is 48.5 Å². The lowest BCUT2D eigenvalue weighted by molar-refractivity contribution is -0.130. The van der Waals surface area contributed by atoms with Gasteiger partial charge in [-0.05, 0) is 43.2 Å². The minimum Gasteiger partial charge on any atom is -0.341 e. The van der Waals surface area contributed by atoms with E-state index in [2.05, 4.69) is 0 Å². The van der Waals surface area contributed by atoms with Crippen LogP contribution in [0.5, 0.6) is 0 Å². The molecule has 2 amide bonds. The van der Waals surface area contributed by atoms with E-state index in [0.29, 0.717) is 12.2 Å². The molecule has 1 unspecified atom stereocenters. The average molecular weight is 406 g/mol. The number of anilines is 1. The first-order valence-electron chi connectivity index (χ1n) is 10.4. The lowest BCUT2D eigenvalue weighted by atomic mass is 10.1. The molecule has 7 heteroatoms. The molecule has 5 rings (SSSR count). The molecule has 154 valence electrons. The molecule has 2 aliphatic heterocycles. The largest absolute Gasteiger partial charge is 0.341 e. The maximum atomic E-state index is 13.7. The van der Waals surface area contributed by atoms with Crippen LogP contribution in [0.2, 0.25) is 0 Å². The molecule has 0 aliphatic carbocycles. The molecule has 3 heterocycles. The Morgan fingerprint density at radius 1 is 1.10 bits per heavy atom. The number of aromatic nitrogens is 2. The van der Waals surface area contributed by atoms with Gasteiger partial charge in [-0.3, -0.25) is 9.59 Å². The second-order valence-corrected chi connectivity index (χ2v) is 8.02. The first-order chi connectivity index (χ1) is 14.6. The fourth-order valence-electron chi connectivity index (χ4n) is 4.55. The van der Waals surface area contributed by atoms with Crippen LogP contribution in [0.4, 0.5) is 10.1 Å². The summed E-state index contributed by atoms with van der Waals surface area (Å²) >= 11 is 0. The average Bonchev–Trinajstić information content (AvgIpc) is 3.47. The summed E-state index contributed by atoms with van der Waals surface area (Å²) in [5.41, 5.74) is 2.27. The molecule has 2 aliphatic rings. The van der Waals surface area contributed by atoms with Crippen LogP contribution < -0.4 is 4.90 Å². The molecule has 3 aromatic rings. The smallest absolute Gasteiger partial charge is 0.242 e. The van der Waals surface area contributed by atoms with Gasteiger partial charge >= 0.3 is 0 Å². The molecule has 0 bridgehead atoms. The standard InChI is InChI=1S/C23H23FN4O2/c24-17-6-5-7-18(13-17)27-14-16(12-21(27)29)23-25-19-8-1-2-9-20(19)28(23)15-22(30)26-10-3-4-11-26/h1-2,5-9,13,16H,3-4,10-12,14-15H2. The van der Waals surface area contributed by atoms with Gasteiger partial charge in [0.15, 0.2) is 0 Å². The van der Waals surface area contributed by atoms with Gasteiger partial charge in [0.05, 0.1) is 11.0 Å². The van der Waals surface area contributed by atoms with Crippen LogP contribution in [0.3, 0.4) is 0 Å². The fourth-order valence-corrected chi connectivity index (χ4v) is 4.55. The highest BCUT2D eigenvalue weighted by atomic mass is 19.1. The zero-order valence-corrected chi connectivity index (χ0v) is 16.6. The summed E-state index contributed by atoms with van der Waals surface area (Å²) in [5.74, 6) is 0.251. The lowest BCUT2D eigenvalue weighted by Gasteiger charge is -2.19. The molecule has 0 radical (unpaired) electrons. The van der Waals surface area contributed by atoms with Crippen LogP contribution in [-0.2, 0) is 16.1 Å². The molecule has 0 saturated carbocycles. The number of hydrogen-bond donors (Lipinski definition) is 0. The van der Waals surface area contributed by atoms with E-state index in [1.54, 1.807) is 17.0 Å². The Bertz CT molecular complexity index is 1120. The van der Waals surface area contributed by atoms with Crippen LogP contribution in [-0.4, -0.2) is 45.9 Å². The van der Waals surface area contributed by atoms with Gasteiger partial charge in [0, 0.05) is 37.7 Å². The highest BCUT2D eigenvalue weighted by Crippen LogP contribution is 2.33. The van der Waals surface area contributed by atoms with Crippen molar-refractivity contribution < 1.29 is 14.0 Å². The number of carbonyl (C=O) groups excluding carboxylic acids is 2. The SMILES string of the molecule is O=C(Cn1c(C2CC(=O)N(c3cccc(F)c3)C2)nc2ccccc21)N1CCCC1. The number of amides is 2. The van der Waals surface area contributed by atoms with Crippen molar-refractivity contribution >= 4 is 28.5 Å². The van der Waals surface area contributed by atoms with Crippen LogP contribution >= 0.6 is 0 Å². The van der Waals surface area contributed by atoms with Gasteiger partial charge in [0.1, 0.15) is 18.2 Å². The summed E-state index contributed by atoms with van der Waals surface area (Å²) in [6.07, 6.45) is 2.38. The number of benzene rings is 2. The van der Waals surface area contributed by atoms with Gasteiger partial charge in [0.25, 0.3) is 0 Å². The van der Waals surface area contributed by atoms with E-state index in [0.717, 1.165) is 42.8 Å². The Balaban J connectivity index is 1.48. The highest BCUT2D eigenvalue weighted by molar-refractivity contribution is 5.96. The molecule has 1 aromatic heterocycles. The van der Waals surface area contributed by atoms with E-state index in [1.165, 1.54) is 12.1 Å². The van der Waals surface area contributed by atoms with Gasteiger partial charge in [-0.15, -0.1) is 0 Å². The van der Waals surface area contributed by atoms with E-state index in [4.69, 9.17) is 4.98 Å². The second-order valence-electron chi connectivity index (χ2n) is 8.02. The molecular formula is C23H23FN4O2. The van der Waals surface area contributed by atoms with Crippen molar-refractivity contribution in [3.8, 4) is 0 Å². The molecule has 0 N–H and O–H groups in total. The first-order valence-corrected chi connectivity index (χ1v) is 10.4. The van der Waals surface area contributed by atoms with Gasteiger partial charge in [-0.1, -0.05) is 18.2 Å². The Kier molecular flexibility index (Phi) is 4.73. The van der Waals surface area contributed by atoms with Crippen molar-refractivity contribution in [2.45, 2.75) is 31.7 Å². The monoisotopic (exact) mass is 406 g/mol. The number of carbonyl (C=O) groups is 2. The molecule has 2 saturated heterocycles. The van der Waals surface area contributed by atoms with Crippen molar-refractivity contribution in [3.05, 3.63) is 60.2 Å². The van der Waals surface area contributed by atoms with Gasteiger partial charge in [0.2, 0.25) is 11.8 Å². The maximum Gasteiger partial charge on any atom is 0.242 e. The highest BCUT2D eigenvalue weighted by Gasteiger charge is 2.35. The number of para-hydroxylation sites is 2. The van der Waals surface area contributed by atoms with E-state index < -0.39 is 0 Å². The Hall–Kier alpha value is -3.22. The second kappa shape index (κ2) is 7.55. The van der Waals surface area contributed by atoms with Crippen molar-refractivity contribution in [1.29, 1.82) is 0 Å². The normalized spacial score (nSPS) is 19.2. The first kappa shape index (κ1) is 18.8. The van der Waals surface area contributed by atoms with Crippen molar-refractivity contribution in [2.75, 3.05) is 24.5 Å². The number of imidazole rings is 1. The van der Waals surface area contributed by atoms with E-state index >= 15 is 0 Å². The van der Waals surface area contributed by atoms with Crippen LogP contribution in [0.1, 0.15) is 31.0 Å². The van der Waals surface area contributed by atoms with E-state index in [-0.39, 0.29) is 36.5 Å². The molecule has 0 spiro atoms. The molecule has 2 aromatic carbocycles. The Labute approximate surface area is 173 Å². The van der Waals surface area contributed by atoms with Crippen molar-refractivity contribution in [1.82, 2.24) is 14.5 Å². The van der Waals surface area contributed by atoms with E-state index in [1.807, 2.05) is 33.7 Å². The number of rotatable bonds is 4. The number of likely N-dealkylation sites (tertiary alicyclic amines) is 1. The fraction of sp³-hybridized carbons (Fsp3) is 0.348. The minimum absolute atomic E-state index is 0.0601. The zero-order chi connectivity index (χ0) is 20.7. The van der Waals surface area contributed by atoms with Crippen LogP contribution in [0.25, 0.3) is 11.0 Å². The van der Waals surface area contributed by atoms with Gasteiger partial charge in [-0.2, -0.15) is 0 Å². The predicted molar refractivity (Wildman–Crippen MR) is 112 cm³/mol. The quantitative estimate of drug-likeness (QED) is 0.668. The van der Waals surface area contributed by atoms with E-state index in [9.17, 15) is 14.0 Å². The topological polar surface area (TPSA) is 58.4 Å². The molecule has 2 fully saturated rings. The summed E-state index contributed by atoms with van der Waals surface area (Å²) < 4.78 is 15.6. The number of nitrogens with zero attached hydrogens (tertiary/aromatic N) is 4. The predicted octanol–water partition coefficient (Wildman–Crippen LogP) is 3.32. The molecular weight excluding hydrogens is 383 g/mol. The lowest BCUT2D eigenvalue weighted by Crippen LogP contribution is -2.32. The third kappa shape index (κ3) is 3.34. The summed E-state index contributed by atoms with van der Waals surface area (Å²) in [6, 6.07) is 13.8. The third-order valence-electron chi connectivity index (χ3n) is 6.05. The van der Waals surface area contributed by atoms with Gasteiger partial charge < -0.3 is 14.4 Å². The summed E-state index contributed by atoms with van der Waals surface area (Å²) in [4.78, 5) is 33.9.